The van der Waals surface area contributed by atoms with Crippen LogP contribution in [0.4, 0.5) is 0 Å². The molecule has 0 aliphatic carbocycles. The summed E-state index contributed by atoms with van der Waals surface area (Å²) in [5.41, 5.74) is 0.656. The molecule has 4 nitrogen and oxygen atoms in total. The molecule has 2 aromatic carbocycles. The van der Waals surface area contributed by atoms with Crippen LogP contribution in [0.25, 0.3) is 0 Å². The monoisotopic (exact) mass is 310 g/mol. The first-order valence-corrected chi connectivity index (χ1v) is 8.09. The van der Waals surface area contributed by atoms with Crippen LogP contribution < -0.4 is 15.4 Å². The Hall–Kier alpha value is -2.33. The Bertz CT molecular complexity index is 640. The molecule has 0 aromatic heterocycles. The van der Waals surface area contributed by atoms with Crippen LogP contribution in [0.1, 0.15) is 30.1 Å². The average molecular weight is 310 g/mol. The average Bonchev–Trinajstić information content (AvgIpc) is 2.58. The van der Waals surface area contributed by atoms with Crippen molar-refractivity contribution in [1.82, 2.24) is 10.6 Å². The molecule has 120 valence electrons. The lowest BCUT2D eigenvalue weighted by Crippen LogP contribution is -2.51. The number of carbonyl (C=O) groups excluding carboxylic acids is 1. The van der Waals surface area contributed by atoms with Crippen LogP contribution in [0.15, 0.2) is 54.6 Å². The molecule has 2 aromatic rings. The molecular formula is C19H22N2O2. The number of rotatable bonds is 4. The van der Waals surface area contributed by atoms with Crippen LogP contribution >= 0.6 is 0 Å². The zero-order chi connectivity index (χ0) is 16.1. The van der Waals surface area contributed by atoms with Crippen LogP contribution in [0.3, 0.4) is 0 Å². The second-order valence-corrected chi connectivity index (χ2v) is 5.90. The van der Waals surface area contributed by atoms with Gasteiger partial charge in [-0.15, -0.1) is 0 Å². The predicted molar refractivity (Wildman–Crippen MR) is 90.9 cm³/mol. The van der Waals surface area contributed by atoms with E-state index in [0.717, 1.165) is 30.9 Å². The molecular weight excluding hydrogens is 288 g/mol. The second-order valence-electron chi connectivity index (χ2n) is 5.90. The van der Waals surface area contributed by atoms with E-state index in [9.17, 15) is 4.79 Å². The first-order chi connectivity index (χ1) is 11.2. The van der Waals surface area contributed by atoms with Gasteiger partial charge in [0.05, 0.1) is 0 Å². The maximum absolute atomic E-state index is 12.3. The van der Waals surface area contributed by atoms with Crippen molar-refractivity contribution in [1.29, 1.82) is 0 Å². The van der Waals surface area contributed by atoms with Gasteiger partial charge in [0.15, 0.2) is 0 Å². The molecule has 0 spiro atoms. The highest BCUT2D eigenvalue weighted by atomic mass is 16.5. The summed E-state index contributed by atoms with van der Waals surface area (Å²) in [5.74, 6) is 1.48. The second kappa shape index (κ2) is 7.29. The Morgan fingerprint density at radius 2 is 1.78 bits per heavy atom. The van der Waals surface area contributed by atoms with Crippen molar-refractivity contribution in [2.75, 3.05) is 6.54 Å². The van der Waals surface area contributed by atoms with Crippen molar-refractivity contribution < 1.29 is 9.53 Å². The lowest BCUT2D eigenvalue weighted by molar-refractivity contribution is 0.0920. The molecule has 2 unspecified atom stereocenters. The van der Waals surface area contributed by atoms with Crippen LogP contribution in [-0.2, 0) is 0 Å². The number of nitrogens with one attached hydrogen (secondary N) is 2. The van der Waals surface area contributed by atoms with Crippen LogP contribution in [0, 0.1) is 0 Å². The van der Waals surface area contributed by atoms with Gasteiger partial charge in [0.2, 0.25) is 0 Å². The lowest BCUT2D eigenvalue weighted by atomic mass is 9.99. The lowest BCUT2D eigenvalue weighted by Gasteiger charge is -2.30. The number of amides is 1. The number of hydrogen-bond donors (Lipinski definition) is 2. The normalized spacial score (nSPS) is 20.7. The molecule has 0 bridgehead atoms. The number of hydrogen-bond acceptors (Lipinski definition) is 3. The van der Waals surface area contributed by atoms with E-state index in [1.807, 2.05) is 42.5 Å². The molecule has 1 amide bonds. The summed E-state index contributed by atoms with van der Waals surface area (Å²) in [6.07, 6.45) is 2.12. The molecule has 1 fully saturated rings. The number of benzene rings is 2. The van der Waals surface area contributed by atoms with Gasteiger partial charge in [-0.2, -0.15) is 0 Å². The molecule has 23 heavy (non-hydrogen) atoms. The molecule has 3 rings (SSSR count). The van der Waals surface area contributed by atoms with Gasteiger partial charge in [-0.25, -0.2) is 0 Å². The van der Waals surface area contributed by atoms with Gasteiger partial charge < -0.3 is 15.4 Å². The zero-order valence-electron chi connectivity index (χ0n) is 13.3. The molecule has 1 saturated heterocycles. The van der Waals surface area contributed by atoms with E-state index >= 15 is 0 Å². The number of piperidine rings is 1. The Morgan fingerprint density at radius 1 is 1.09 bits per heavy atom. The van der Waals surface area contributed by atoms with Gasteiger partial charge >= 0.3 is 0 Å². The molecule has 2 atom stereocenters. The zero-order valence-corrected chi connectivity index (χ0v) is 13.3. The highest BCUT2D eigenvalue weighted by Gasteiger charge is 2.22. The highest BCUT2D eigenvalue weighted by Crippen LogP contribution is 2.21. The molecule has 1 aliphatic rings. The van der Waals surface area contributed by atoms with E-state index in [1.165, 1.54) is 0 Å². The largest absolute Gasteiger partial charge is 0.457 e. The third kappa shape index (κ3) is 4.11. The first-order valence-electron chi connectivity index (χ1n) is 8.09. The predicted octanol–water partition coefficient (Wildman–Crippen LogP) is 3.35. The summed E-state index contributed by atoms with van der Waals surface area (Å²) in [6.45, 7) is 3.14. The minimum Gasteiger partial charge on any atom is -0.457 e. The fraction of sp³-hybridized carbons (Fsp3) is 0.316. The van der Waals surface area contributed by atoms with Crippen molar-refractivity contribution in [3.05, 3.63) is 60.2 Å². The van der Waals surface area contributed by atoms with Gasteiger partial charge in [-0.3, -0.25) is 4.79 Å². The summed E-state index contributed by atoms with van der Waals surface area (Å²) in [4.78, 5) is 12.3. The van der Waals surface area contributed by atoms with Gasteiger partial charge in [-0.05, 0) is 62.7 Å². The van der Waals surface area contributed by atoms with E-state index in [2.05, 4.69) is 17.6 Å². The van der Waals surface area contributed by atoms with Gasteiger partial charge in [0.1, 0.15) is 11.5 Å². The topological polar surface area (TPSA) is 50.4 Å². The maximum atomic E-state index is 12.3. The molecule has 1 heterocycles. The quantitative estimate of drug-likeness (QED) is 0.910. The molecule has 0 saturated carbocycles. The van der Waals surface area contributed by atoms with E-state index in [1.54, 1.807) is 12.1 Å². The van der Waals surface area contributed by atoms with E-state index in [-0.39, 0.29) is 11.9 Å². The summed E-state index contributed by atoms with van der Waals surface area (Å²) < 4.78 is 5.74. The molecule has 0 radical (unpaired) electrons. The van der Waals surface area contributed by atoms with Crippen molar-refractivity contribution in [2.45, 2.75) is 31.8 Å². The first kappa shape index (κ1) is 15.6. The van der Waals surface area contributed by atoms with Crippen molar-refractivity contribution >= 4 is 5.91 Å². The highest BCUT2D eigenvalue weighted by molar-refractivity contribution is 5.94. The van der Waals surface area contributed by atoms with Crippen molar-refractivity contribution in [2.24, 2.45) is 0 Å². The summed E-state index contributed by atoms with van der Waals surface area (Å²) in [7, 11) is 0. The SMILES string of the molecule is CC1NCCCC1NC(=O)c1ccc(Oc2ccccc2)cc1. The van der Waals surface area contributed by atoms with Crippen LogP contribution in [0.5, 0.6) is 11.5 Å². The summed E-state index contributed by atoms with van der Waals surface area (Å²) >= 11 is 0. The van der Waals surface area contributed by atoms with Gasteiger partial charge in [0, 0.05) is 17.6 Å². The third-order valence-electron chi connectivity index (χ3n) is 4.17. The Balaban J connectivity index is 1.61. The maximum Gasteiger partial charge on any atom is 0.251 e. The van der Waals surface area contributed by atoms with E-state index in [0.29, 0.717) is 11.6 Å². The Labute approximate surface area is 136 Å². The Kier molecular flexibility index (Phi) is 4.93. The summed E-state index contributed by atoms with van der Waals surface area (Å²) in [6, 6.07) is 17.4. The van der Waals surface area contributed by atoms with Crippen LogP contribution in [0.2, 0.25) is 0 Å². The van der Waals surface area contributed by atoms with Gasteiger partial charge in [0.25, 0.3) is 5.91 Å². The standard InChI is InChI=1S/C19H22N2O2/c1-14-18(8-5-13-20-14)21-19(22)15-9-11-17(12-10-15)23-16-6-3-2-4-7-16/h2-4,6-7,9-12,14,18,20H,5,8,13H2,1H3,(H,21,22). The van der Waals surface area contributed by atoms with Crippen LogP contribution in [-0.4, -0.2) is 24.5 Å². The van der Waals surface area contributed by atoms with Gasteiger partial charge in [-0.1, -0.05) is 18.2 Å². The van der Waals surface area contributed by atoms with E-state index < -0.39 is 0 Å². The number of ether oxygens (including phenoxy) is 1. The molecule has 2 N–H and O–H groups in total. The fourth-order valence-corrected chi connectivity index (χ4v) is 2.79. The molecule has 1 aliphatic heterocycles. The van der Waals surface area contributed by atoms with Crippen molar-refractivity contribution in [3.63, 3.8) is 0 Å². The molecule has 4 heteroatoms. The minimum atomic E-state index is -0.0307. The fourth-order valence-electron chi connectivity index (χ4n) is 2.79. The minimum absolute atomic E-state index is 0.0307. The number of para-hydroxylation sites is 1. The van der Waals surface area contributed by atoms with E-state index in [4.69, 9.17) is 4.74 Å². The smallest absolute Gasteiger partial charge is 0.251 e. The summed E-state index contributed by atoms with van der Waals surface area (Å²) in [5, 5.41) is 6.50. The Morgan fingerprint density at radius 3 is 2.48 bits per heavy atom. The number of carbonyl (C=O) groups is 1. The van der Waals surface area contributed by atoms with Crippen molar-refractivity contribution in [3.8, 4) is 11.5 Å². The third-order valence-corrected chi connectivity index (χ3v) is 4.17.